The van der Waals surface area contributed by atoms with Crippen molar-refractivity contribution in [3.8, 4) is 0 Å². The number of ether oxygens (including phenoxy) is 1. The van der Waals surface area contributed by atoms with Crippen molar-refractivity contribution < 1.29 is 19.4 Å². The Balaban J connectivity index is 1.80. The average Bonchev–Trinajstić information content (AvgIpc) is 2.55. The molecule has 0 aliphatic heterocycles. The van der Waals surface area contributed by atoms with Gasteiger partial charge in [0, 0.05) is 19.3 Å². The van der Waals surface area contributed by atoms with Crippen molar-refractivity contribution in [3.63, 3.8) is 0 Å². The summed E-state index contributed by atoms with van der Waals surface area (Å²) < 4.78 is 6.16. The van der Waals surface area contributed by atoms with Gasteiger partial charge < -0.3 is 15.2 Å². The molecule has 9 heteroatoms. The highest BCUT2D eigenvalue weighted by atomic mass is 16.5. The molecule has 3 N–H and O–H groups in total. The molecular weight excluding hydrogens is 318 g/mol. The fourth-order valence-corrected chi connectivity index (χ4v) is 2.70. The van der Waals surface area contributed by atoms with E-state index in [9.17, 15) is 19.2 Å². The first kappa shape index (κ1) is 17.8. The number of alkyl carbamates (subject to hydrolysis) is 1. The van der Waals surface area contributed by atoms with Gasteiger partial charge in [-0.05, 0) is 18.8 Å². The number of carbonyl (C=O) groups is 2. The van der Waals surface area contributed by atoms with Gasteiger partial charge in [0.15, 0.2) is 0 Å². The van der Waals surface area contributed by atoms with Crippen LogP contribution >= 0.6 is 0 Å². The van der Waals surface area contributed by atoms with E-state index in [1.54, 1.807) is 0 Å². The third kappa shape index (κ3) is 4.97. The number of rotatable bonds is 6. The number of nitrogens with zero attached hydrogens (tertiary/aromatic N) is 1. The molecule has 1 aromatic heterocycles. The van der Waals surface area contributed by atoms with Crippen LogP contribution in [0.3, 0.4) is 0 Å². The molecule has 1 aliphatic carbocycles. The highest BCUT2D eigenvalue weighted by molar-refractivity contribution is 5.86. The molecular formula is C15H21N3O6. The monoisotopic (exact) mass is 339 g/mol. The Bertz CT molecular complexity index is 702. The van der Waals surface area contributed by atoms with E-state index in [0.717, 1.165) is 36.4 Å². The van der Waals surface area contributed by atoms with Crippen LogP contribution in [0.2, 0.25) is 0 Å². The number of aromatic amines is 1. The SMILES string of the molecule is O=C(NCCn1cc(C(=O)O)c(=O)[nH]c1=O)OCC1CCCCC1. The number of nitrogens with one attached hydrogen (secondary N) is 2. The maximum absolute atomic E-state index is 11.6. The van der Waals surface area contributed by atoms with Gasteiger partial charge >= 0.3 is 17.8 Å². The van der Waals surface area contributed by atoms with Crippen LogP contribution in [-0.2, 0) is 11.3 Å². The highest BCUT2D eigenvalue weighted by Crippen LogP contribution is 2.23. The van der Waals surface area contributed by atoms with Gasteiger partial charge in [0.1, 0.15) is 5.56 Å². The molecule has 0 saturated heterocycles. The largest absolute Gasteiger partial charge is 0.477 e. The zero-order valence-electron chi connectivity index (χ0n) is 13.2. The minimum absolute atomic E-state index is 0.0222. The Morgan fingerprint density at radius 3 is 2.67 bits per heavy atom. The molecule has 0 radical (unpaired) electrons. The zero-order chi connectivity index (χ0) is 17.5. The fourth-order valence-electron chi connectivity index (χ4n) is 2.70. The van der Waals surface area contributed by atoms with Crippen LogP contribution in [-0.4, -0.2) is 39.9 Å². The highest BCUT2D eigenvalue weighted by Gasteiger charge is 2.15. The molecule has 2 rings (SSSR count). The molecule has 1 aromatic rings. The first-order valence-electron chi connectivity index (χ1n) is 7.95. The van der Waals surface area contributed by atoms with Crippen molar-refractivity contribution in [2.75, 3.05) is 13.2 Å². The van der Waals surface area contributed by atoms with E-state index in [4.69, 9.17) is 9.84 Å². The summed E-state index contributed by atoms with van der Waals surface area (Å²) in [6, 6.07) is 0. The van der Waals surface area contributed by atoms with Crippen molar-refractivity contribution in [1.29, 1.82) is 0 Å². The molecule has 1 amide bonds. The number of carbonyl (C=O) groups excluding carboxylic acids is 1. The Hall–Kier alpha value is -2.58. The Morgan fingerprint density at radius 2 is 2.00 bits per heavy atom. The first-order valence-corrected chi connectivity index (χ1v) is 7.95. The van der Waals surface area contributed by atoms with Crippen LogP contribution in [0.4, 0.5) is 4.79 Å². The van der Waals surface area contributed by atoms with Crippen molar-refractivity contribution in [3.05, 3.63) is 32.6 Å². The normalized spacial score (nSPS) is 15.0. The van der Waals surface area contributed by atoms with Gasteiger partial charge in [-0.25, -0.2) is 14.4 Å². The number of amides is 1. The van der Waals surface area contributed by atoms with Crippen molar-refractivity contribution in [1.82, 2.24) is 14.9 Å². The smallest absolute Gasteiger partial charge is 0.407 e. The number of carboxylic acids is 1. The van der Waals surface area contributed by atoms with Gasteiger partial charge in [-0.15, -0.1) is 0 Å². The lowest BCUT2D eigenvalue weighted by Crippen LogP contribution is -2.36. The summed E-state index contributed by atoms with van der Waals surface area (Å²) in [5, 5.41) is 11.4. The molecule has 132 valence electrons. The molecule has 24 heavy (non-hydrogen) atoms. The first-order chi connectivity index (χ1) is 11.5. The predicted octanol–water partition coefficient (Wildman–Crippen LogP) is 0.541. The summed E-state index contributed by atoms with van der Waals surface area (Å²) in [4.78, 5) is 47.3. The van der Waals surface area contributed by atoms with E-state index in [1.807, 2.05) is 4.98 Å². The maximum atomic E-state index is 11.6. The van der Waals surface area contributed by atoms with Crippen LogP contribution in [0.5, 0.6) is 0 Å². The van der Waals surface area contributed by atoms with Crippen molar-refractivity contribution >= 4 is 12.1 Å². The second kappa shape index (κ2) is 8.32. The maximum Gasteiger partial charge on any atom is 0.407 e. The molecule has 1 heterocycles. The van der Waals surface area contributed by atoms with Crippen LogP contribution in [0.1, 0.15) is 42.5 Å². The summed E-state index contributed by atoms with van der Waals surface area (Å²) in [5.41, 5.74) is -2.22. The minimum atomic E-state index is -1.43. The molecule has 0 unspecified atom stereocenters. The summed E-state index contributed by atoms with van der Waals surface area (Å²) in [6.07, 6.45) is 6.08. The summed E-state index contributed by atoms with van der Waals surface area (Å²) >= 11 is 0. The van der Waals surface area contributed by atoms with E-state index in [2.05, 4.69) is 5.32 Å². The summed E-state index contributed by atoms with van der Waals surface area (Å²) in [6.45, 7) is 0.483. The van der Waals surface area contributed by atoms with E-state index in [-0.39, 0.29) is 13.1 Å². The Morgan fingerprint density at radius 1 is 1.29 bits per heavy atom. The van der Waals surface area contributed by atoms with Gasteiger partial charge in [-0.1, -0.05) is 19.3 Å². The topological polar surface area (TPSA) is 130 Å². The lowest BCUT2D eigenvalue weighted by Gasteiger charge is -2.21. The molecule has 1 aliphatic rings. The summed E-state index contributed by atoms with van der Waals surface area (Å²) in [5.74, 6) is -1.02. The second-order valence-corrected chi connectivity index (χ2v) is 5.83. The third-order valence-electron chi connectivity index (χ3n) is 4.04. The number of hydrogen-bond donors (Lipinski definition) is 3. The molecule has 0 spiro atoms. The third-order valence-corrected chi connectivity index (χ3v) is 4.04. The molecule has 1 fully saturated rings. The predicted molar refractivity (Wildman–Crippen MR) is 84.2 cm³/mol. The van der Waals surface area contributed by atoms with Crippen LogP contribution in [0, 0.1) is 5.92 Å². The van der Waals surface area contributed by atoms with Gasteiger partial charge in [0.25, 0.3) is 5.56 Å². The van der Waals surface area contributed by atoms with Crippen molar-refractivity contribution in [2.24, 2.45) is 5.92 Å². The minimum Gasteiger partial charge on any atom is -0.477 e. The second-order valence-electron chi connectivity index (χ2n) is 5.83. The average molecular weight is 339 g/mol. The number of hydrogen-bond acceptors (Lipinski definition) is 5. The number of aromatic nitrogens is 2. The lowest BCUT2D eigenvalue weighted by atomic mass is 9.90. The number of H-pyrrole nitrogens is 1. The Labute approximate surface area is 137 Å². The van der Waals surface area contributed by atoms with Crippen LogP contribution in [0.25, 0.3) is 0 Å². The molecule has 0 atom stereocenters. The van der Waals surface area contributed by atoms with Crippen LogP contribution < -0.4 is 16.6 Å². The van der Waals surface area contributed by atoms with E-state index >= 15 is 0 Å². The molecule has 1 saturated carbocycles. The van der Waals surface area contributed by atoms with Gasteiger partial charge in [0.2, 0.25) is 0 Å². The van der Waals surface area contributed by atoms with Gasteiger partial charge in [-0.2, -0.15) is 0 Å². The fraction of sp³-hybridized carbons (Fsp3) is 0.600. The van der Waals surface area contributed by atoms with E-state index in [1.165, 1.54) is 6.42 Å². The summed E-state index contributed by atoms with van der Waals surface area (Å²) in [7, 11) is 0. The van der Waals surface area contributed by atoms with E-state index < -0.39 is 28.9 Å². The molecule has 0 bridgehead atoms. The number of aromatic carboxylic acids is 1. The van der Waals surface area contributed by atoms with Crippen molar-refractivity contribution in [2.45, 2.75) is 38.6 Å². The number of carboxylic acid groups (broad SMARTS) is 1. The zero-order valence-corrected chi connectivity index (χ0v) is 13.2. The van der Waals surface area contributed by atoms with Crippen LogP contribution in [0.15, 0.2) is 15.8 Å². The van der Waals surface area contributed by atoms with E-state index in [0.29, 0.717) is 12.5 Å². The Kier molecular flexibility index (Phi) is 6.16. The van der Waals surface area contributed by atoms with Gasteiger partial charge in [-0.3, -0.25) is 14.3 Å². The molecule has 0 aromatic carbocycles. The lowest BCUT2D eigenvalue weighted by molar-refractivity contribution is 0.0693. The standard InChI is InChI=1S/C15H21N3O6/c19-12-11(13(20)21)8-18(14(22)17-12)7-6-16-15(23)24-9-10-4-2-1-3-5-10/h8,10H,1-7,9H2,(H,16,23)(H,20,21)(H,17,19,22). The quantitative estimate of drug-likeness (QED) is 0.693. The van der Waals surface area contributed by atoms with Gasteiger partial charge in [0.05, 0.1) is 6.61 Å². The molecule has 9 nitrogen and oxygen atoms in total.